The smallest absolute Gasteiger partial charge is 0.130 e. The van der Waals surface area contributed by atoms with E-state index in [2.05, 4.69) is 11.1 Å². The van der Waals surface area contributed by atoms with Crippen LogP contribution in [0.5, 0.6) is 11.5 Å². The Kier molecular flexibility index (Phi) is 4.01. The maximum Gasteiger partial charge on any atom is 0.130 e. The largest absolute Gasteiger partial charge is 0.496 e. The lowest BCUT2D eigenvalue weighted by Gasteiger charge is -2.11. The molecule has 0 aliphatic carbocycles. The van der Waals surface area contributed by atoms with Gasteiger partial charge in [0.2, 0.25) is 0 Å². The summed E-state index contributed by atoms with van der Waals surface area (Å²) in [5, 5.41) is 1.04. The second-order valence-electron chi connectivity index (χ2n) is 4.74. The predicted octanol–water partition coefficient (Wildman–Crippen LogP) is 3.86. The van der Waals surface area contributed by atoms with E-state index in [4.69, 9.17) is 9.47 Å². The number of ether oxygens (including phenoxy) is 2. The Labute approximate surface area is 124 Å². The first-order valence-corrected chi connectivity index (χ1v) is 6.97. The molecular formula is C18H17NO2. The van der Waals surface area contributed by atoms with Crippen molar-refractivity contribution in [3.63, 3.8) is 0 Å². The number of pyridine rings is 1. The number of hydrogen-bond donors (Lipinski definition) is 0. The van der Waals surface area contributed by atoms with E-state index in [1.807, 2.05) is 48.5 Å². The van der Waals surface area contributed by atoms with Gasteiger partial charge in [0.15, 0.2) is 0 Å². The van der Waals surface area contributed by atoms with Crippen LogP contribution in [0.15, 0.2) is 60.8 Å². The molecule has 0 radical (unpaired) electrons. The molecule has 21 heavy (non-hydrogen) atoms. The molecule has 0 aliphatic rings. The van der Waals surface area contributed by atoms with Crippen LogP contribution in [0, 0.1) is 0 Å². The Balaban J connectivity index is 1.72. The number of rotatable bonds is 5. The van der Waals surface area contributed by atoms with Gasteiger partial charge in [0.25, 0.3) is 0 Å². The molecule has 3 nitrogen and oxygen atoms in total. The van der Waals surface area contributed by atoms with Gasteiger partial charge in [-0.15, -0.1) is 0 Å². The van der Waals surface area contributed by atoms with Crippen molar-refractivity contribution < 1.29 is 9.47 Å². The number of hydrogen-bond acceptors (Lipinski definition) is 3. The van der Waals surface area contributed by atoms with E-state index in [1.165, 1.54) is 0 Å². The molecule has 0 bridgehead atoms. The van der Waals surface area contributed by atoms with E-state index in [9.17, 15) is 0 Å². The lowest BCUT2D eigenvalue weighted by molar-refractivity contribution is 0.321. The Morgan fingerprint density at radius 1 is 0.905 bits per heavy atom. The standard InChI is InChI=1S/C18H17NO2/c1-20-17-9-5-2-6-14(17)11-13-21-18-10-12-19-16-8-4-3-7-15(16)18/h2-10,12H,11,13H2,1H3. The third kappa shape index (κ3) is 2.97. The molecule has 0 amide bonds. The zero-order chi connectivity index (χ0) is 14.5. The molecule has 0 unspecified atom stereocenters. The van der Waals surface area contributed by atoms with Crippen LogP contribution in [-0.2, 0) is 6.42 Å². The van der Waals surface area contributed by atoms with Crippen LogP contribution < -0.4 is 9.47 Å². The van der Waals surface area contributed by atoms with Crippen molar-refractivity contribution in [2.75, 3.05) is 13.7 Å². The number of aromatic nitrogens is 1. The summed E-state index contributed by atoms with van der Waals surface area (Å²) in [6.45, 7) is 0.606. The van der Waals surface area contributed by atoms with Crippen LogP contribution in [0.4, 0.5) is 0 Å². The third-order valence-electron chi connectivity index (χ3n) is 3.43. The van der Waals surface area contributed by atoms with Crippen molar-refractivity contribution in [2.45, 2.75) is 6.42 Å². The van der Waals surface area contributed by atoms with E-state index in [1.54, 1.807) is 13.3 Å². The van der Waals surface area contributed by atoms with Crippen LogP contribution >= 0.6 is 0 Å². The van der Waals surface area contributed by atoms with Crippen molar-refractivity contribution >= 4 is 10.9 Å². The molecule has 1 aromatic heterocycles. The molecule has 0 atom stereocenters. The zero-order valence-electron chi connectivity index (χ0n) is 12.0. The lowest BCUT2D eigenvalue weighted by atomic mass is 10.1. The number of fused-ring (bicyclic) bond motifs is 1. The summed E-state index contributed by atoms with van der Waals surface area (Å²) in [7, 11) is 1.69. The Bertz CT molecular complexity index is 735. The minimum Gasteiger partial charge on any atom is -0.496 e. The topological polar surface area (TPSA) is 31.4 Å². The Hall–Kier alpha value is -2.55. The third-order valence-corrected chi connectivity index (χ3v) is 3.43. The summed E-state index contributed by atoms with van der Waals surface area (Å²) in [6.07, 6.45) is 2.58. The van der Waals surface area contributed by atoms with Crippen LogP contribution in [0.25, 0.3) is 10.9 Å². The van der Waals surface area contributed by atoms with E-state index in [0.717, 1.165) is 34.4 Å². The molecule has 106 valence electrons. The summed E-state index contributed by atoms with van der Waals surface area (Å²) >= 11 is 0. The average Bonchev–Trinajstić information content (AvgIpc) is 2.55. The average molecular weight is 279 g/mol. The zero-order valence-corrected chi connectivity index (χ0v) is 12.0. The first kappa shape index (κ1) is 13.4. The second-order valence-corrected chi connectivity index (χ2v) is 4.74. The molecule has 0 aliphatic heterocycles. The second kappa shape index (κ2) is 6.27. The van der Waals surface area contributed by atoms with E-state index >= 15 is 0 Å². The van der Waals surface area contributed by atoms with Crippen LogP contribution in [0.3, 0.4) is 0 Å². The van der Waals surface area contributed by atoms with Gasteiger partial charge in [-0.05, 0) is 29.8 Å². The molecule has 3 aromatic rings. The predicted molar refractivity (Wildman–Crippen MR) is 83.9 cm³/mol. The van der Waals surface area contributed by atoms with Crippen molar-refractivity contribution in [3.8, 4) is 11.5 Å². The number of nitrogens with zero attached hydrogens (tertiary/aromatic N) is 1. The fourth-order valence-corrected chi connectivity index (χ4v) is 2.38. The van der Waals surface area contributed by atoms with Crippen LogP contribution in [0.2, 0.25) is 0 Å². The molecule has 3 heteroatoms. The highest BCUT2D eigenvalue weighted by molar-refractivity contribution is 5.84. The van der Waals surface area contributed by atoms with Crippen molar-refractivity contribution in [3.05, 3.63) is 66.4 Å². The van der Waals surface area contributed by atoms with Gasteiger partial charge in [0.05, 0.1) is 19.2 Å². The first-order valence-electron chi connectivity index (χ1n) is 6.97. The van der Waals surface area contributed by atoms with E-state index in [-0.39, 0.29) is 0 Å². The summed E-state index contributed by atoms with van der Waals surface area (Å²) in [6, 6.07) is 17.9. The van der Waals surface area contributed by atoms with Gasteiger partial charge in [-0.25, -0.2) is 0 Å². The van der Waals surface area contributed by atoms with Gasteiger partial charge in [0.1, 0.15) is 11.5 Å². The monoisotopic (exact) mass is 279 g/mol. The molecule has 1 heterocycles. The van der Waals surface area contributed by atoms with Crippen molar-refractivity contribution in [1.29, 1.82) is 0 Å². The van der Waals surface area contributed by atoms with E-state index in [0.29, 0.717) is 6.61 Å². The van der Waals surface area contributed by atoms with Gasteiger partial charge in [-0.1, -0.05) is 30.3 Å². The minimum absolute atomic E-state index is 0.606. The molecule has 3 rings (SSSR count). The van der Waals surface area contributed by atoms with Crippen LogP contribution in [-0.4, -0.2) is 18.7 Å². The summed E-state index contributed by atoms with van der Waals surface area (Å²) < 4.78 is 11.3. The normalized spacial score (nSPS) is 10.5. The molecule has 0 fully saturated rings. The quantitative estimate of drug-likeness (QED) is 0.710. The SMILES string of the molecule is COc1ccccc1CCOc1ccnc2ccccc12. The van der Waals surface area contributed by atoms with Crippen LogP contribution in [0.1, 0.15) is 5.56 Å². The van der Waals surface area contributed by atoms with Crippen molar-refractivity contribution in [1.82, 2.24) is 4.98 Å². The number of para-hydroxylation sites is 2. The molecule has 0 saturated carbocycles. The van der Waals surface area contributed by atoms with E-state index < -0.39 is 0 Å². The van der Waals surface area contributed by atoms with Gasteiger partial charge in [0, 0.05) is 18.0 Å². The van der Waals surface area contributed by atoms with Gasteiger partial charge in [-0.3, -0.25) is 4.98 Å². The highest BCUT2D eigenvalue weighted by Crippen LogP contribution is 2.24. The molecule has 0 spiro atoms. The fraction of sp³-hybridized carbons (Fsp3) is 0.167. The first-order chi connectivity index (χ1) is 10.4. The molecular weight excluding hydrogens is 262 g/mol. The maximum absolute atomic E-state index is 5.93. The summed E-state index contributed by atoms with van der Waals surface area (Å²) in [4.78, 5) is 4.34. The molecule has 2 aromatic carbocycles. The van der Waals surface area contributed by atoms with Gasteiger partial charge in [-0.2, -0.15) is 0 Å². The molecule has 0 N–H and O–H groups in total. The summed E-state index contributed by atoms with van der Waals surface area (Å²) in [5.74, 6) is 1.77. The minimum atomic E-state index is 0.606. The highest BCUT2D eigenvalue weighted by Gasteiger charge is 2.04. The van der Waals surface area contributed by atoms with Crippen molar-refractivity contribution in [2.24, 2.45) is 0 Å². The fourth-order valence-electron chi connectivity index (χ4n) is 2.38. The van der Waals surface area contributed by atoms with Gasteiger partial charge < -0.3 is 9.47 Å². The number of benzene rings is 2. The Morgan fingerprint density at radius 3 is 2.62 bits per heavy atom. The van der Waals surface area contributed by atoms with Gasteiger partial charge >= 0.3 is 0 Å². The maximum atomic E-state index is 5.93. The highest BCUT2D eigenvalue weighted by atomic mass is 16.5. The lowest BCUT2D eigenvalue weighted by Crippen LogP contribution is -2.03. The summed E-state index contributed by atoms with van der Waals surface area (Å²) in [5.41, 5.74) is 2.10. The number of methoxy groups -OCH3 is 1. The Morgan fingerprint density at radius 2 is 1.71 bits per heavy atom. The molecule has 0 saturated heterocycles.